The molecule has 2 atom stereocenters. The number of aryl methyl sites for hydroxylation is 1. The minimum atomic E-state index is -0.0524. The lowest BCUT2D eigenvalue weighted by atomic mass is 9.99. The van der Waals surface area contributed by atoms with E-state index in [-0.39, 0.29) is 24.5 Å². The fraction of sp³-hybridized carbons (Fsp3) is 0.579. The molecular weight excluding hydrogens is 318 g/mol. The molecule has 0 aliphatic carbocycles. The number of amides is 2. The zero-order valence-electron chi connectivity index (χ0n) is 14.4. The third-order valence-corrected chi connectivity index (χ3v) is 5.54. The Labute approximate surface area is 147 Å². The summed E-state index contributed by atoms with van der Waals surface area (Å²) in [4.78, 5) is 26.2. The van der Waals surface area contributed by atoms with Crippen molar-refractivity contribution in [3.05, 3.63) is 23.8 Å². The fourth-order valence-electron chi connectivity index (χ4n) is 4.26. The number of hydrogen-bond donors (Lipinski definition) is 2. The van der Waals surface area contributed by atoms with Crippen LogP contribution in [0.1, 0.15) is 37.7 Å². The molecule has 2 saturated heterocycles. The smallest absolute Gasteiger partial charge is 0.258 e. The summed E-state index contributed by atoms with van der Waals surface area (Å²) in [5.74, 6) is 0.674. The highest BCUT2D eigenvalue weighted by Gasteiger charge is 2.36. The number of hydrogen-bond acceptors (Lipinski definition) is 4. The first-order chi connectivity index (χ1) is 12.2. The number of fused-ring (bicyclic) bond motifs is 2. The topological polar surface area (TPSA) is 70.7 Å². The van der Waals surface area contributed by atoms with Crippen molar-refractivity contribution in [1.82, 2.24) is 10.2 Å². The van der Waals surface area contributed by atoms with Crippen molar-refractivity contribution in [3.8, 4) is 5.75 Å². The molecule has 3 heterocycles. The first kappa shape index (κ1) is 16.4. The largest absolute Gasteiger partial charge is 0.484 e. The van der Waals surface area contributed by atoms with Crippen molar-refractivity contribution < 1.29 is 14.3 Å². The number of piperidine rings is 1. The van der Waals surface area contributed by atoms with Gasteiger partial charge in [0.15, 0.2) is 6.61 Å². The van der Waals surface area contributed by atoms with Crippen LogP contribution in [0.3, 0.4) is 0 Å². The Hall–Kier alpha value is -2.08. The number of anilines is 1. The Bertz CT molecular complexity index is 676. The minimum Gasteiger partial charge on any atom is -0.484 e. The standard InChI is InChI=1S/C19H25N3O3/c23-18-7-4-13-11-14(5-6-15(13)20-18)25-12-19(24)21-16-8-10-22-9-2-1-3-17(16)22/h5-6,11,16-17H,1-4,7-10,12H2,(H,20,23)(H,21,24). The molecule has 2 unspecified atom stereocenters. The van der Waals surface area contributed by atoms with E-state index in [0.29, 0.717) is 24.6 Å². The molecule has 6 heteroatoms. The summed E-state index contributed by atoms with van der Waals surface area (Å²) < 4.78 is 5.67. The van der Waals surface area contributed by atoms with Crippen molar-refractivity contribution in [1.29, 1.82) is 0 Å². The zero-order valence-corrected chi connectivity index (χ0v) is 14.4. The molecule has 0 saturated carbocycles. The second-order valence-electron chi connectivity index (χ2n) is 7.22. The maximum Gasteiger partial charge on any atom is 0.258 e. The number of rotatable bonds is 4. The Morgan fingerprint density at radius 3 is 3.08 bits per heavy atom. The van der Waals surface area contributed by atoms with E-state index in [4.69, 9.17) is 4.74 Å². The molecule has 6 nitrogen and oxygen atoms in total. The molecule has 1 aromatic carbocycles. The number of carbonyl (C=O) groups is 2. The van der Waals surface area contributed by atoms with E-state index in [1.165, 1.54) is 25.8 Å². The van der Waals surface area contributed by atoms with Gasteiger partial charge in [-0.25, -0.2) is 0 Å². The van der Waals surface area contributed by atoms with E-state index in [1.54, 1.807) is 6.07 Å². The Balaban J connectivity index is 1.29. The highest BCUT2D eigenvalue weighted by atomic mass is 16.5. The van der Waals surface area contributed by atoms with Gasteiger partial charge in [-0.3, -0.25) is 14.5 Å². The monoisotopic (exact) mass is 343 g/mol. The lowest BCUT2D eigenvalue weighted by Crippen LogP contribution is -2.47. The van der Waals surface area contributed by atoms with Crippen LogP contribution in [0.2, 0.25) is 0 Å². The van der Waals surface area contributed by atoms with Crippen LogP contribution in [0.4, 0.5) is 5.69 Å². The Morgan fingerprint density at radius 2 is 2.16 bits per heavy atom. The quantitative estimate of drug-likeness (QED) is 0.873. The average Bonchev–Trinajstić information content (AvgIpc) is 3.03. The van der Waals surface area contributed by atoms with Crippen LogP contribution in [0, 0.1) is 0 Å². The van der Waals surface area contributed by atoms with E-state index in [9.17, 15) is 9.59 Å². The summed E-state index contributed by atoms with van der Waals surface area (Å²) in [5, 5.41) is 6.00. The van der Waals surface area contributed by atoms with Crippen LogP contribution in [0.5, 0.6) is 5.75 Å². The summed E-state index contributed by atoms with van der Waals surface area (Å²) in [7, 11) is 0. The molecule has 3 aliphatic rings. The van der Waals surface area contributed by atoms with Crippen molar-refractivity contribution in [2.24, 2.45) is 0 Å². The molecule has 4 rings (SSSR count). The van der Waals surface area contributed by atoms with E-state index in [2.05, 4.69) is 15.5 Å². The van der Waals surface area contributed by atoms with E-state index in [1.807, 2.05) is 12.1 Å². The van der Waals surface area contributed by atoms with Crippen LogP contribution in [0.15, 0.2) is 18.2 Å². The summed E-state index contributed by atoms with van der Waals surface area (Å²) in [6.07, 6.45) is 5.96. The first-order valence-corrected chi connectivity index (χ1v) is 9.28. The first-order valence-electron chi connectivity index (χ1n) is 9.28. The molecule has 2 N–H and O–H groups in total. The van der Waals surface area contributed by atoms with Gasteiger partial charge in [0.25, 0.3) is 5.91 Å². The van der Waals surface area contributed by atoms with E-state index in [0.717, 1.165) is 24.2 Å². The highest BCUT2D eigenvalue weighted by molar-refractivity contribution is 5.94. The second kappa shape index (κ2) is 7.04. The molecule has 2 fully saturated rings. The lowest BCUT2D eigenvalue weighted by Gasteiger charge is -2.32. The number of ether oxygens (including phenoxy) is 1. The third-order valence-electron chi connectivity index (χ3n) is 5.54. The van der Waals surface area contributed by atoms with Gasteiger partial charge in [-0.2, -0.15) is 0 Å². The highest BCUT2D eigenvalue weighted by Crippen LogP contribution is 2.28. The SMILES string of the molecule is O=C1CCc2cc(OCC(=O)NC3CCN4CCCCC34)ccc2N1. The van der Waals surface area contributed by atoms with Crippen LogP contribution < -0.4 is 15.4 Å². The van der Waals surface area contributed by atoms with Crippen LogP contribution in [-0.2, 0) is 16.0 Å². The van der Waals surface area contributed by atoms with Gasteiger partial charge in [0.2, 0.25) is 5.91 Å². The maximum absolute atomic E-state index is 12.3. The Kier molecular flexibility index (Phi) is 4.61. The number of benzene rings is 1. The molecule has 25 heavy (non-hydrogen) atoms. The normalized spacial score (nSPS) is 25.7. The number of nitrogens with zero attached hydrogens (tertiary/aromatic N) is 1. The van der Waals surface area contributed by atoms with Gasteiger partial charge in [-0.1, -0.05) is 6.42 Å². The second-order valence-corrected chi connectivity index (χ2v) is 7.22. The van der Waals surface area contributed by atoms with Gasteiger partial charge < -0.3 is 15.4 Å². The molecule has 0 radical (unpaired) electrons. The zero-order chi connectivity index (χ0) is 17.2. The van der Waals surface area contributed by atoms with Gasteiger partial charge >= 0.3 is 0 Å². The molecule has 0 bridgehead atoms. The Morgan fingerprint density at radius 1 is 1.24 bits per heavy atom. The molecule has 1 aromatic rings. The summed E-state index contributed by atoms with van der Waals surface area (Å²) in [6, 6.07) is 6.33. The van der Waals surface area contributed by atoms with Crippen molar-refractivity contribution in [2.75, 3.05) is 25.0 Å². The van der Waals surface area contributed by atoms with Gasteiger partial charge in [0.1, 0.15) is 5.75 Å². The van der Waals surface area contributed by atoms with Crippen LogP contribution >= 0.6 is 0 Å². The predicted molar refractivity (Wildman–Crippen MR) is 94.6 cm³/mol. The summed E-state index contributed by atoms with van der Waals surface area (Å²) >= 11 is 0. The molecule has 3 aliphatic heterocycles. The number of carbonyl (C=O) groups excluding carboxylic acids is 2. The van der Waals surface area contributed by atoms with Gasteiger partial charge in [-0.05, 0) is 56.0 Å². The van der Waals surface area contributed by atoms with Gasteiger partial charge in [0, 0.05) is 30.7 Å². The van der Waals surface area contributed by atoms with E-state index >= 15 is 0 Å². The predicted octanol–water partition coefficient (Wildman–Crippen LogP) is 1.69. The molecule has 134 valence electrons. The molecule has 2 amide bonds. The van der Waals surface area contributed by atoms with Crippen LogP contribution in [-0.4, -0.2) is 48.5 Å². The van der Waals surface area contributed by atoms with Gasteiger partial charge in [0.05, 0.1) is 0 Å². The van der Waals surface area contributed by atoms with Crippen molar-refractivity contribution >= 4 is 17.5 Å². The summed E-state index contributed by atoms with van der Waals surface area (Å²) in [5.41, 5.74) is 1.91. The van der Waals surface area contributed by atoms with Crippen molar-refractivity contribution in [3.63, 3.8) is 0 Å². The minimum absolute atomic E-state index is 0.0361. The van der Waals surface area contributed by atoms with E-state index < -0.39 is 0 Å². The fourth-order valence-corrected chi connectivity index (χ4v) is 4.26. The molecule has 0 aromatic heterocycles. The van der Waals surface area contributed by atoms with Gasteiger partial charge in [-0.15, -0.1) is 0 Å². The average molecular weight is 343 g/mol. The van der Waals surface area contributed by atoms with Crippen molar-refractivity contribution in [2.45, 2.75) is 50.6 Å². The maximum atomic E-state index is 12.3. The van der Waals surface area contributed by atoms with Crippen LogP contribution in [0.25, 0.3) is 0 Å². The number of nitrogens with one attached hydrogen (secondary N) is 2. The third kappa shape index (κ3) is 3.63. The molecular formula is C19H25N3O3. The lowest BCUT2D eigenvalue weighted by molar-refractivity contribution is -0.124. The molecule has 0 spiro atoms. The summed E-state index contributed by atoms with van der Waals surface area (Å²) in [6.45, 7) is 2.29.